The summed E-state index contributed by atoms with van der Waals surface area (Å²) in [5, 5.41) is 8.57. The van der Waals surface area contributed by atoms with Gasteiger partial charge in [-0.15, -0.1) is 0 Å². The van der Waals surface area contributed by atoms with Gasteiger partial charge in [0.25, 0.3) is 6.43 Å². The van der Waals surface area contributed by atoms with Crippen molar-refractivity contribution in [2.75, 3.05) is 0 Å². The molecule has 0 saturated heterocycles. The summed E-state index contributed by atoms with van der Waals surface area (Å²) >= 11 is 0. The average Bonchev–Trinajstić information content (AvgIpc) is 2.15. The molecule has 1 aromatic heterocycles. The summed E-state index contributed by atoms with van der Waals surface area (Å²) in [6.45, 7) is -0.634. The minimum Gasteiger partial charge on any atom is -0.392 e. The van der Waals surface area contributed by atoms with E-state index in [1.807, 2.05) is 0 Å². The van der Waals surface area contributed by atoms with Crippen LogP contribution in [0.25, 0.3) is 0 Å². The van der Waals surface area contributed by atoms with Crippen molar-refractivity contribution in [3.8, 4) is 0 Å². The van der Waals surface area contributed by atoms with Gasteiger partial charge in [-0.1, -0.05) is 0 Å². The number of hydrogen-bond donors (Lipinski definition) is 1. The van der Waals surface area contributed by atoms with Crippen molar-refractivity contribution >= 4 is 0 Å². The van der Waals surface area contributed by atoms with Crippen molar-refractivity contribution in [3.05, 3.63) is 29.1 Å². The van der Waals surface area contributed by atoms with Crippen LogP contribution < -0.4 is 0 Å². The van der Waals surface area contributed by atoms with Gasteiger partial charge in [0, 0.05) is 11.8 Å². The molecule has 0 amide bonds. The maximum atomic E-state index is 12.3. The molecule has 15 heavy (non-hydrogen) atoms. The Balaban J connectivity index is 3.28. The zero-order valence-corrected chi connectivity index (χ0v) is 7.22. The SMILES string of the molecule is OCc1cnc(C(F)(F)F)c(C(F)F)c1. The van der Waals surface area contributed by atoms with Crippen LogP contribution in [0.4, 0.5) is 22.0 Å². The molecule has 0 bridgehead atoms. The Morgan fingerprint density at radius 1 is 1.33 bits per heavy atom. The highest BCUT2D eigenvalue weighted by molar-refractivity contribution is 5.28. The minimum absolute atomic E-state index is 0.0849. The zero-order valence-electron chi connectivity index (χ0n) is 7.22. The number of hydrogen-bond acceptors (Lipinski definition) is 2. The lowest BCUT2D eigenvalue weighted by atomic mass is 10.1. The monoisotopic (exact) mass is 227 g/mol. The standard InChI is InChI=1S/C8H6F5NO/c9-7(10)5-1-4(3-15)2-14-6(5)8(11,12)13/h1-2,7,15H,3H2. The highest BCUT2D eigenvalue weighted by Gasteiger charge is 2.37. The summed E-state index contributed by atoms with van der Waals surface area (Å²) in [7, 11) is 0. The molecule has 7 heteroatoms. The number of aliphatic hydroxyl groups excluding tert-OH is 1. The summed E-state index contributed by atoms with van der Waals surface area (Å²) in [6.07, 6.45) is -7.48. The van der Waals surface area contributed by atoms with E-state index in [0.717, 1.165) is 0 Å². The molecular weight excluding hydrogens is 221 g/mol. The van der Waals surface area contributed by atoms with Crippen LogP contribution >= 0.6 is 0 Å². The van der Waals surface area contributed by atoms with Crippen LogP contribution in [0.1, 0.15) is 23.2 Å². The van der Waals surface area contributed by atoms with E-state index in [1.165, 1.54) is 0 Å². The Morgan fingerprint density at radius 2 is 1.93 bits per heavy atom. The van der Waals surface area contributed by atoms with Crippen LogP contribution in [0.5, 0.6) is 0 Å². The molecule has 1 heterocycles. The van der Waals surface area contributed by atoms with E-state index < -0.39 is 30.5 Å². The fraction of sp³-hybridized carbons (Fsp3) is 0.375. The van der Waals surface area contributed by atoms with Gasteiger partial charge in [-0.3, -0.25) is 4.98 Å². The first-order chi connectivity index (χ1) is 6.86. The van der Waals surface area contributed by atoms with E-state index in [9.17, 15) is 22.0 Å². The summed E-state index contributed by atoms with van der Waals surface area (Å²) in [5.74, 6) is 0. The van der Waals surface area contributed by atoms with Crippen LogP contribution in [0, 0.1) is 0 Å². The van der Waals surface area contributed by atoms with Crippen molar-refractivity contribution in [1.29, 1.82) is 0 Å². The van der Waals surface area contributed by atoms with Crippen molar-refractivity contribution in [2.45, 2.75) is 19.2 Å². The second-order valence-corrected chi connectivity index (χ2v) is 2.74. The van der Waals surface area contributed by atoms with Gasteiger partial charge in [-0.2, -0.15) is 13.2 Å². The number of rotatable bonds is 2. The third-order valence-corrected chi connectivity index (χ3v) is 1.66. The number of aliphatic hydroxyl groups is 1. The molecule has 1 N–H and O–H groups in total. The molecule has 1 rings (SSSR count). The van der Waals surface area contributed by atoms with Crippen molar-refractivity contribution < 1.29 is 27.1 Å². The van der Waals surface area contributed by atoms with E-state index >= 15 is 0 Å². The predicted molar refractivity (Wildman–Crippen MR) is 40.1 cm³/mol. The lowest BCUT2D eigenvalue weighted by Gasteiger charge is -2.11. The predicted octanol–water partition coefficient (Wildman–Crippen LogP) is 2.53. The van der Waals surface area contributed by atoms with Crippen molar-refractivity contribution in [3.63, 3.8) is 0 Å². The zero-order chi connectivity index (χ0) is 11.6. The lowest BCUT2D eigenvalue weighted by molar-refractivity contribution is -0.143. The number of nitrogens with zero attached hydrogens (tertiary/aromatic N) is 1. The Kier molecular flexibility index (Phi) is 3.23. The van der Waals surface area contributed by atoms with Gasteiger partial charge in [-0.25, -0.2) is 8.78 Å². The van der Waals surface area contributed by atoms with E-state index in [4.69, 9.17) is 5.11 Å². The first kappa shape index (κ1) is 11.8. The molecule has 0 aromatic carbocycles. The molecule has 0 spiro atoms. The van der Waals surface area contributed by atoms with Crippen LogP contribution in [-0.2, 0) is 12.8 Å². The number of halogens is 5. The quantitative estimate of drug-likeness (QED) is 0.787. The number of alkyl halides is 5. The van der Waals surface area contributed by atoms with Gasteiger partial charge >= 0.3 is 6.18 Å². The molecule has 0 aliphatic heterocycles. The molecule has 0 saturated carbocycles. The van der Waals surface area contributed by atoms with Gasteiger partial charge in [-0.05, 0) is 11.6 Å². The normalized spacial score (nSPS) is 12.2. The topological polar surface area (TPSA) is 33.1 Å². The van der Waals surface area contributed by atoms with E-state index in [0.29, 0.717) is 12.3 Å². The second kappa shape index (κ2) is 4.09. The fourth-order valence-electron chi connectivity index (χ4n) is 1.02. The van der Waals surface area contributed by atoms with Crippen LogP contribution in [0.3, 0.4) is 0 Å². The molecule has 0 atom stereocenters. The first-order valence-electron chi connectivity index (χ1n) is 3.81. The van der Waals surface area contributed by atoms with Gasteiger partial charge in [0.2, 0.25) is 0 Å². The van der Waals surface area contributed by atoms with Crippen LogP contribution in [0.15, 0.2) is 12.3 Å². The third-order valence-electron chi connectivity index (χ3n) is 1.66. The molecule has 0 unspecified atom stereocenters. The Labute approximate surface area is 81.4 Å². The Bertz CT molecular complexity index is 349. The molecule has 0 radical (unpaired) electrons. The number of pyridine rings is 1. The molecule has 1 aromatic rings. The highest BCUT2D eigenvalue weighted by Crippen LogP contribution is 2.34. The minimum atomic E-state index is -4.92. The summed E-state index contributed by atoms with van der Waals surface area (Å²) < 4.78 is 61.1. The van der Waals surface area contributed by atoms with Crippen molar-refractivity contribution in [1.82, 2.24) is 4.98 Å². The average molecular weight is 227 g/mol. The number of aromatic nitrogens is 1. The maximum absolute atomic E-state index is 12.3. The summed E-state index contributed by atoms with van der Waals surface area (Å²) in [5.41, 5.74) is -2.91. The molecule has 0 aliphatic rings. The highest BCUT2D eigenvalue weighted by atomic mass is 19.4. The molecule has 84 valence electrons. The Hall–Kier alpha value is -1.24. The molecule has 2 nitrogen and oxygen atoms in total. The lowest BCUT2D eigenvalue weighted by Crippen LogP contribution is -2.13. The first-order valence-corrected chi connectivity index (χ1v) is 3.81. The third kappa shape index (κ3) is 2.62. The Morgan fingerprint density at radius 3 is 2.33 bits per heavy atom. The van der Waals surface area contributed by atoms with Crippen LogP contribution in [-0.4, -0.2) is 10.1 Å². The largest absolute Gasteiger partial charge is 0.433 e. The maximum Gasteiger partial charge on any atom is 0.433 e. The van der Waals surface area contributed by atoms with E-state index in [-0.39, 0.29) is 5.56 Å². The summed E-state index contributed by atoms with van der Waals surface area (Å²) in [6, 6.07) is 0.598. The van der Waals surface area contributed by atoms with Crippen LogP contribution in [0.2, 0.25) is 0 Å². The van der Waals surface area contributed by atoms with E-state index in [2.05, 4.69) is 4.98 Å². The summed E-state index contributed by atoms with van der Waals surface area (Å²) in [4.78, 5) is 2.88. The molecular formula is C8H6F5NO. The van der Waals surface area contributed by atoms with E-state index in [1.54, 1.807) is 0 Å². The molecule has 0 fully saturated rings. The molecule has 0 aliphatic carbocycles. The van der Waals surface area contributed by atoms with Crippen molar-refractivity contribution in [2.24, 2.45) is 0 Å². The van der Waals surface area contributed by atoms with Gasteiger partial charge in [0.15, 0.2) is 5.69 Å². The van der Waals surface area contributed by atoms with Gasteiger partial charge < -0.3 is 5.11 Å². The smallest absolute Gasteiger partial charge is 0.392 e. The van der Waals surface area contributed by atoms with Gasteiger partial charge in [0.1, 0.15) is 0 Å². The van der Waals surface area contributed by atoms with Gasteiger partial charge in [0.05, 0.1) is 6.61 Å². The second-order valence-electron chi connectivity index (χ2n) is 2.74. The fourth-order valence-corrected chi connectivity index (χ4v) is 1.02.